The maximum Gasteiger partial charge on any atom is 0.0796 e. The summed E-state index contributed by atoms with van der Waals surface area (Å²) in [4.78, 5) is 0. The van der Waals surface area contributed by atoms with Crippen molar-refractivity contribution in [3.8, 4) is 0 Å². The first kappa shape index (κ1) is 8.52. The monoisotopic (exact) mass is 174 g/mol. The molecule has 0 aliphatic heterocycles. The highest BCUT2D eigenvalue weighted by atomic mass is 16.3. The van der Waals surface area contributed by atoms with Crippen molar-refractivity contribution in [2.24, 2.45) is 0 Å². The summed E-state index contributed by atoms with van der Waals surface area (Å²) in [6, 6.07) is 6.36. The van der Waals surface area contributed by atoms with E-state index in [-0.39, 0.29) is 6.10 Å². The Kier molecular flexibility index (Phi) is 2.19. The van der Waals surface area contributed by atoms with Gasteiger partial charge in [0, 0.05) is 0 Å². The van der Waals surface area contributed by atoms with Crippen LogP contribution in [0.2, 0.25) is 0 Å². The van der Waals surface area contributed by atoms with Crippen molar-refractivity contribution >= 4 is 0 Å². The summed E-state index contributed by atoms with van der Waals surface area (Å²) in [6.45, 7) is 3.71. The zero-order valence-electron chi connectivity index (χ0n) is 7.66. The van der Waals surface area contributed by atoms with Crippen molar-refractivity contribution in [3.05, 3.63) is 47.5 Å². The zero-order valence-corrected chi connectivity index (χ0v) is 7.66. The standard InChI is InChI=1S/C12H14O/c1-2-3-9-4-5-10-6-7-12(13)11(10)8-9/h2,4-5,8,12-13H,1,3,6-7H2. The van der Waals surface area contributed by atoms with E-state index in [4.69, 9.17) is 0 Å². The highest BCUT2D eigenvalue weighted by Crippen LogP contribution is 2.31. The van der Waals surface area contributed by atoms with E-state index in [9.17, 15) is 5.11 Å². The lowest BCUT2D eigenvalue weighted by Gasteiger charge is -2.05. The second-order valence-corrected chi connectivity index (χ2v) is 3.58. The van der Waals surface area contributed by atoms with Crippen LogP contribution in [0, 0.1) is 0 Å². The zero-order chi connectivity index (χ0) is 9.26. The number of benzene rings is 1. The fraction of sp³-hybridized carbons (Fsp3) is 0.333. The quantitative estimate of drug-likeness (QED) is 0.682. The molecule has 1 aliphatic rings. The van der Waals surface area contributed by atoms with Gasteiger partial charge in [-0.25, -0.2) is 0 Å². The van der Waals surface area contributed by atoms with Gasteiger partial charge < -0.3 is 5.11 Å². The molecule has 1 aromatic carbocycles. The summed E-state index contributed by atoms with van der Waals surface area (Å²) in [5.74, 6) is 0. The normalized spacial score (nSPS) is 19.9. The van der Waals surface area contributed by atoms with Gasteiger partial charge in [0.15, 0.2) is 0 Å². The molecule has 68 valence electrons. The average molecular weight is 174 g/mol. The van der Waals surface area contributed by atoms with Gasteiger partial charge in [-0.3, -0.25) is 0 Å². The van der Waals surface area contributed by atoms with Crippen molar-refractivity contribution < 1.29 is 5.11 Å². The Morgan fingerprint density at radius 3 is 3.15 bits per heavy atom. The Morgan fingerprint density at radius 1 is 1.54 bits per heavy atom. The number of fused-ring (bicyclic) bond motifs is 1. The molecule has 13 heavy (non-hydrogen) atoms. The minimum atomic E-state index is -0.236. The third kappa shape index (κ3) is 1.52. The number of aliphatic hydroxyl groups is 1. The van der Waals surface area contributed by atoms with Gasteiger partial charge in [-0.15, -0.1) is 6.58 Å². The van der Waals surface area contributed by atoms with Crippen LogP contribution in [0.3, 0.4) is 0 Å². The molecule has 0 spiro atoms. The van der Waals surface area contributed by atoms with Crippen LogP contribution in [0.4, 0.5) is 0 Å². The first-order valence-electron chi connectivity index (χ1n) is 4.72. The molecule has 1 aromatic rings. The lowest BCUT2D eigenvalue weighted by atomic mass is 10.0. The minimum absolute atomic E-state index is 0.236. The molecular formula is C12H14O. The predicted molar refractivity (Wildman–Crippen MR) is 53.6 cm³/mol. The first-order valence-corrected chi connectivity index (χ1v) is 4.72. The smallest absolute Gasteiger partial charge is 0.0796 e. The summed E-state index contributed by atoms with van der Waals surface area (Å²) in [5.41, 5.74) is 3.68. The molecule has 0 fully saturated rings. The number of rotatable bonds is 2. The van der Waals surface area contributed by atoms with Crippen LogP contribution >= 0.6 is 0 Å². The lowest BCUT2D eigenvalue weighted by molar-refractivity contribution is 0.180. The Morgan fingerprint density at radius 2 is 2.38 bits per heavy atom. The molecule has 1 unspecified atom stereocenters. The van der Waals surface area contributed by atoms with Gasteiger partial charge in [-0.1, -0.05) is 24.3 Å². The molecule has 0 amide bonds. The van der Waals surface area contributed by atoms with Crippen LogP contribution < -0.4 is 0 Å². The second kappa shape index (κ2) is 3.35. The SMILES string of the molecule is C=CCc1ccc2c(c1)C(O)CC2. The van der Waals surface area contributed by atoms with Crippen molar-refractivity contribution in [1.29, 1.82) is 0 Å². The van der Waals surface area contributed by atoms with E-state index in [0.717, 1.165) is 24.8 Å². The minimum Gasteiger partial charge on any atom is -0.388 e. The molecule has 1 N–H and O–H groups in total. The fourth-order valence-electron chi connectivity index (χ4n) is 1.92. The first-order chi connectivity index (χ1) is 6.31. The maximum absolute atomic E-state index is 9.65. The molecule has 0 saturated heterocycles. The van der Waals surface area contributed by atoms with E-state index in [1.807, 2.05) is 6.08 Å². The third-order valence-electron chi connectivity index (χ3n) is 2.64. The number of hydrogen-bond acceptors (Lipinski definition) is 1. The highest BCUT2D eigenvalue weighted by Gasteiger charge is 2.19. The Hall–Kier alpha value is -1.08. The molecule has 1 nitrogen and oxygen atoms in total. The van der Waals surface area contributed by atoms with Crippen LogP contribution in [0.1, 0.15) is 29.2 Å². The fourth-order valence-corrected chi connectivity index (χ4v) is 1.92. The van der Waals surface area contributed by atoms with E-state index in [0.29, 0.717) is 0 Å². The summed E-state index contributed by atoms with van der Waals surface area (Å²) < 4.78 is 0. The van der Waals surface area contributed by atoms with Gasteiger partial charge >= 0.3 is 0 Å². The van der Waals surface area contributed by atoms with E-state index < -0.39 is 0 Å². The third-order valence-corrected chi connectivity index (χ3v) is 2.64. The molecular weight excluding hydrogens is 160 g/mol. The van der Waals surface area contributed by atoms with Crippen LogP contribution in [0.5, 0.6) is 0 Å². The van der Waals surface area contributed by atoms with E-state index in [2.05, 4.69) is 24.8 Å². The van der Waals surface area contributed by atoms with Gasteiger partial charge in [0.25, 0.3) is 0 Å². The summed E-state index contributed by atoms with van der Waals surface area (Å²) >= 11 is 0. The molecule has 1 heteroatoms. The Labute approximate surface area is 78.7 Å². The topological polar surface area (TPSA) is 20.2 Å². The number of aryl methyl sites for hydroxylation is 1. The number of aliphatic hydroxyl groups excluding tert-OH is 1. The van der Waals surface area contributed by atoms with E-state index in [1.165, 1.54) is 11.1 Å². The molecule has 2 rings (SSSR count). The lowest BCUT2D eigenvalue weighted by Crippen LogP contribution is -1.92. The van der Waals surface area contributed by atoms with Gasteiger partial charge in [0.05, 0.1) is 6.10 Å². The van der Waals surface area contributed by atoms with E-state index >= 15 is 0 Å². The van der Waals surface area contributed by atoms with Crippen LogP contribution in [0.25, 0.3) is 0 Å². The maximum atomic E-state index is 9.65. The van der Waals surface area contributed by atoms with E-state index in [1.54, 1.807) is 0 Å². The molecule has 0 heterocycles. The van der Waals surface area contributed by atoms with Gasteiger partial charge in [-0.2, -0.15) is 0 Å². The van der Waals surface area contributed by atoms with Crippen molar-refractivity contribution in [2.75, 3.05) is 0 Å². The van der Waals surface area contributed by atoms with Gasteiger partial charge in [0.2, 0.25) is 0 Å². The molecule has 0 bridgehead atoms. The highest BCUT2D eigenvalue weighted by molar-refractivity contribution is 5.37. The van der Waals surface area contributed by atoms with Gasteiger partial charge in [0.1, 0.15) is 0 Å². The summed E-state index contributed by atoms with van der Waals surface area (Å²) in [7, 11) is 0. The molecule has 1 aliphatic carbocycles. The van der Waals surface area contributed by atoms with Gasteiger partial charge in [-0.05, 0) is 36.0 Å². The number of allylic oxidation sites excluding steroid dienone is 1. The van der Waals surface area contributed by atoms with Crippen molar-refractivity contribution in [1.82, 2.24) is 0 Å². The van der Waals surface area contributed by atoms with Crippen molar-refractivity contribution in [2.45, 2.75) is 25.4 Å². The largest absolute Gasteiger partial charge is 0.388 e. The molecule has 0 saturated carbocycles. The Bertz CT molecular complexity index is 328. The van der Waals surface area contributed by atoms with Crippen LogP contribution in [-0.2, 0) is 12.8 Å². The Balaban J connectivity index is 2.35. The predicted octanol–water partition coefficient (Wildman–Crippen LogP) is 2.39. The average Bonchev–Trinajstić information content (AvgIpc) is 2.49. The summed E-state index contributed by atoms with van der Waals surface area (Å²) in [5, 5.41) is 9.65. The summed E-state index contributed by atoms with van der Waals surface area (Å²) in [6.07, 6.45) is 4.45. The molecule has 1 atom stereocenters. The molecule has 0 aromatic heterocycles. The number of hydrogen-bond donors (Lipinski definition) is 1. The molecule has 0 radical (unpaired) electrons. The van der Waals surface area contributed by atoms with Crippen LogP contribution in [-0.4, -0.2) is 5.11 Å². The van der Waals surface area contributed by atoms with Crippen LogP contribution in [0.15, 0.2) is 30.9 Å². The van der Waals surface area contributed by atoms with Crippen molar-refractivity contribution in [3.63, 3.8) is 0 Å². The second-order valence-electron chi connectivity index (χ2n) is 3.58.